The summed E-state index contributed by atoms with van der Waals surface area (Å²) in [7, 11) is 3.58. The highest BCUT2D eigenvalue weighted by Crippen LogP contribution is 2.54. The van der Waals surface area contributed by atoms with E-state index in [0.717, 1.165) is 0 Å². The molecule has 234 valence electrons. The van der Waals surface area contributed by atoms with Crippen LogP contribution in [0.25, 0.3) is 5.76 Å². The summed E-state index contributed by atoms with van der Waals surface area (Å²) >= 11 is 0. The molecule has 3 aliphatic rings. The van der Waals surface area contributed by atoms with Crippen molar-refractivity contribution in [1.29, 1.82) is 0 Å². The summed E-state index contributed by atoms with van der Waals surface area (Å²) in [5, 5.41) is 51.9. The Labute approximate surface area is 251 Å². The van der Waals surface area contributed by atoms with E-state index in [4.69, 9.17) is 0 Å². The minimum atomic E-state index is -2.56. The minimum Gasteiger partial charge on any atom is -0.508 e. The number of hydrogen-bond donors (Lipinski definition) is 6. The van der Waals surface area contributed by atoms with Crippen LogP contribution in [-0.2, 0) is 25.6 Å². The van der Waals surface area contributed by atoms with Crippen molar-refractivity contribution in [2.24, 2.45) is 17.8 Å². The van der Waals surface area contributed by atoms with Crippen LogP contribution in [0.1, 0.15) is 71.9 Å². The monoisotopic (exact) mass is 597 g/mol. The van der Waals surface area contributed by atoms with Gasteiger partial charge in [0.25, 0.3) is 0 Å². The number of nitrogens with one attached hydrogen (secondary N) is 2. The molecule has 0 heterocycles. The van der Waals surface area contributed by atoms with Crippen molar-refractivity contribution in [3.05, 3.63) is 34.1 Å². The van der Waals surface area contributed by atoms with Gasteiger partial charge >= 0.3 is 0 Å². The van der Waals surface area contributed by atoms with Gasteiger partial charge < -0.3 is 36.0 Å². The fraction of sp³-hybridized carbons (Fsp3) is 0.562. The largest absolute Gasteiger partial charge is 0.508 e. The second-order valence-corrected chi connectivity index (χ2v) is 13.5. The first kappa shape index (κ1) is 32.1. The average molecular weight is 598 g/mol. The zero-order chi connectivity index (χ0) is 32.3. The van der Waals surface area contributed by atoms with Gasteiger partial charge in [0, 0.05) is 49.7 Å². The molecule has 1 aromatic carbocycles. The molecule has 3 aliphatic carbocycles. The molecule has 43 heavy (non-hydrogen) atoms. The van der Waals surface area contributed by atoms with Crippen LogP contribution < -0.4 is 15.5 Å². The highest BCUT2D eigenvalue weighted by molar-refractivity contribution is 6.23. The van der Waals surface area contributed by atoms with Gasteiger partial charge in [-0.2, -0.15) is 0 Å². The first-order valence-electron chi connectivity index (χ1n) is 14.7. The van der Waals surface area contributed by atoms with Gasteiger partial charge in [0.15, 0.2) is 17.2 Å². The topological polar surface area (TPSA) is 176 Å². The molecule has 11 nitrogen and oxygen atoms in total. The van der Waals surface area contributed by atoms with Crippen molar-refractivity contribution >= 4 is 40.4 Å². The highest BCUT2D eigenvalue weighted by Gasteiger charge is 2.60. The van der Waals surface area contributed by atoms with E-state index in [1.807, 2.05) is 34.6 Å². The number of fused-ring (bicyclic) bond motifs is 3. The fourth-order valence-corrected chi connectivity index (χ4v) is 6.54. The molecule has 1 fully saturated rings. The number of Topliss-reactive ketones (excluding diaryl/α,β-unsaturated/α-hetero) is 3. The van der Waals surface area contributed by atoms with Gasteiger partial charge in [-0.05, 0) is 57.1 Å². The van der Waals surface area contributed by atoms with Crippen LogP contribution >= 0.6 is 0 Å². The maximum absolute atomic E-state index is 14.0. The molecule has 4 rings (SSSR count). The molecule has 11 heteroatoms. The minimum absolute atomic E-state index is 0.0192. The van der Waals surface area contributed by atoms with Gasteiger partial charge in [0.1, 0.15) is 28.9 Å². The van der Waals surface area contributed by atoms with Crippen molar-refractivity contribution in [2.75, 3.05) is 24.3 Å². The molecule has 0 saturated heterocycles. The number of nitrogens with zero attached hydrogens (tertiary/aromatic N) is 1. The van der Waals surface area contributed by atoms with Crippen molar-refractivity contribution < 1.29 is 39.6 Å². The maximum atomic E-state index is 14.0. The molecule has 0 bridgehead atoms. The lowest BCUT2D eigenvalue weighted by molar-refractivity contribution is -0.147. The zero-order valence-electron chi connectivity index (χ0n) is 26.1. The first-order valence-corrected chi connectivity index (χ1v) is 14.7. The SMILES string of the molecule is CCC(=O)C1=C(O)[C@@]2(O)C(=O)C3=C(O)c4c(O)c(NC(C(=O)NC(C)(C)C)C(C)C)cc(N(C)C)c4C[C@H]3C[C@H]2CC1=O. The number of phenols is 1. The zero-order valence-corrected chi connectivity index (χ0v) is 26.1. The summed E-state index contributed by atoms with van der Waals surface area (Å²) in [4.78, 5) is 54.2. The third kappa shape index (κ3) is 5.28. The van der Waals surface area contributed by atoms with Crippen LogP contribution in [0.15, 0.2) is 23.0 Å². The summed E-state index contributed by atoms with van der Waals surface area (Å²) < 4.78 is 0. The smallest absolute Gasteiger partial charge is 0.243 e. The van der Waals surface area contributed by atoms with E-state index in [2.05, 4.69) is 10.6 Å². The number of allylic oxidation sites excluding steroid dienone is 1. The quantitative estimate of drug-likeness (QED) is 0.202. The Bertz CT molecular complexity index is 1470. The second-order valence-electron chi connectivity index (χ2n) is 13.5. The molecule has 1 saturated carbocycles. The van der Waals surface area contributed by atoms with Gasteiger partial charge in [-0.1, -0.05) is 20.8 Å². The number of ketones is 3. The number of anilines is 2. The summed E-state index contributed by atoms with van der Waals surface area (Å²) in [5.41, 5.74) is -2.49. The Morgan fingerprint density at radius 3 is 2.28 bits per heavy atom. The highest BCUT2D eigenvalue weighted by atomic mass is 16.3. The summed E-state index contributed by atoms with van der Waals surface area (Å²) in [5.74, 6) is -6.30. The third-order valence-corrected chi connectivity index (χ3v) is 8.63. The Morgan fingerprint density at radius 2 is 1.74 bits per heavy atom. The molecule has 1 unspecified atom stereocenters. The van der Waals surface area contributed by atoms with Gasteiger partial charge in [-0.3, -0.25) is 19.2 Å². The molecule has 0 aromatic heterocycles. The molecular weight excluding hydrogens is 554 g/mol. The van der Waals surface area contributed by atoms with Crippen molar-refractivity contribution in [2.45, 2.75) is 84.4 Å². The van der Waals surface area contributed by atoms with E-state index in [1.165, 1.54) is 6.92 Å². The number of aliphatic hydroxyl groups is 3. The van der Waals surface area contributed by atoms with E-state index in [9.17, 15) is 39.6 Å². The van der Waals surface area contributed by atoms with Crippen LogP contribution in [-0.4, -0.2) is 75.0 Å². The van der Waals surface area contributed by atoms with Crippen LogP contribution in [0, 0.1) is 17.8 Å². The standard InChI is InChI=1S/C32H43N3O8/c1-9-20(36)24-21(37)12-16-10-15-11-17-19(35(7)8)13-18(33-25(14(2)3)30(42)34-31(4,5)6)26(38)23(17)27(39)22(15)28(40)32(16,43)29(24)41/h13-16,25,33,38-39,41,43H,9-12H2,1-8H3,(H,34,42)/t15-,16+,25?,32+/m1/s1. The Balaban J connectivity index is 1.88. The van der Waals surface area contributed by atoms with Gasteiger partial charge in [0.2, 0.25) is 11.7 Å². The van der Waals surface area contributed by atoms with E-state index in [1.54, 1.807) is 25.1 Å². The number of phenolic OH excluding ortho intramolecular Hbond substituents is 1. The number of aromatic hydroxyl groups is 1. The maximum Gasteiger partial charge on any atom is 0.243 e. The molecule has 0 radical (unpaired) electrons. The third-order valence-electron chi connectivity index (χ3n) is 8.63. The van der Waals surface area contributed by atoms with E-state index < -0.39 is 63.5 Å². The van der Waals surface area contributed by atoms with E-state index >= 15 is 0 Å². The van der Waals surface area contributed by atoms with Gasteiger partial charge in [-0.15, -0.1) is 0 Å². The number of amides is 1. The molecule has 1 aromatic rings. The number of carbonyl (C=O) groups is 4. The Kier molecular flexibility index (Phi) is 8.21. The molecular formula is C32H43N3O8. The lowest BCUT2D eigenvalue weighted by atomic mass is 9.59. The number of carbonyl (C=O) groups excluding carboxylic acids is 4. The Morgan fingerprint density at radius 1 is 1.12 bits per heavy atom. The second kappa shape index (κ2) is 11.0. The average Bonchev–Trinajstić information content (AvgIpc) is 2.88. The van der Waals surface area contributed by atoms with Crippen molar-refractivity contribution in [3.8, 4) is 5.75 Å². The van der Waals surface area contributed by atoms with E-state index in [-0.39, 0.29) is 60.1 Å². The summed E-state index contributed by atoms with van der Waals surface area (Å²) in [6.45, 7) is 10.8. The number of hydrogen-bond acceptors (Lipinski definition) is 10. The molecule has 4 atom stereocenters. The van der Waals surface area contributed by atoms with Gasteiger partial charge in [0.05, 0.1) is 11.3 Å². The molecule has 0 aliphatic heterocycles. The fourth-order valence-electron chi connectivity index (χ4n) is 6.54. The predicted molar refractivity (Wildman–Crippen MR) is 162 cm³/mol. The molecule has 6 N–H and O–H groups in total. The lowest BCUT2D eigenvalue weighted by Crippen LogP contribution is -2.58. The molecule has 1 amide bonds. The summed E-state index contributed by atoms with van der Waals surface area (Å²) in [6.07, 6.45) is -0.120. The number of benzene rings is 1. The first-order chi connectivity index (χ1) is 19.8. The van der Waals surface area contributed by atoms with Crippen molar-refractivity contribution in [1.82, 2.24) is 5.32 Å². The van der Waals surface area contributed by atoms with Crippen molar-refractivity contribution in [3.63, 3.8) is 0 Å². The molecule has 0 spiro atoms. The summed E-state index contributed by atoms with van der Waals surface area (Å²) in [6, 6.07) is 0.938. The van der Waals surface area contributed by atoms with Crippen LogP contribution in [0.2, 0.25) is 0 Å². The number of rotatable bonds is 7. The van der Waals surface area contributed by atoms with E-state index in [0.29, 0.717) is 11.3 Å². The van der Waals surface area contributed by atoms with Crippen LogP contribution in [0.5, 0.6) is 5.75 Å². The lowest BCUT2D eigenvalue weighted by Gasteiger charge is -2.46. The van der Waals surface area contributed by atoms with Crippen LogP contribution in [0.4, 0.5) is 11.4 Å². The number of aliphatic hydroxyl groups excluding tert-OH is 2. The predicted octanol–water partition coefficient (Wildman–Crippen LogP) is 3.33. The van der Waals surface area contributed by atoms with Crippen LogP contribution in [0.3, 0.4) is 0 Å². The normalized spacial score (nSPS) is 24.3. The van der Waals surface area contributed by atoms with Gasteiger partial charge in [-0.25, -0.2) is 0 Å². The Hall–Kier alpha value is -3.86.